The molecule has 13 heavy (non-hydrogen) atoms. The highest BCUT2D eigenvalue weighted by molar-refractivity contribution is 5.92. The first-order valence-corrected chi connectivity index (χ1v) is 4.20. The lowest BCUT2D eigenvalue weighted by Crippen LogP contribution is -2.19. The van der Waals surface area contributed by atoms with E-state index in [4.69, 9.17) is 4.74 Å². The molecule has 2 rings (SSSR count). The van der Waals surface area contributed by atoms with Gasteiger partial charge in [0.2, 0.25) is 0 Å². The topological polar surface area (TPSA) is 38.3 Å². The maximum Gasteiger partial charge on any atom is 0.336 e. The normalized spacial score (nSPS) is 21.2. The Morgan fingerprint density at radius 2 is 2.38 bits per heavy atom. The Balaban J connectivity index is 2.31. The van der Waals surface area contributed by atoms with Gasteiger partial charge in [-0.05, 0) is 12.5 Å². The molecule has 0 atom stereocenters. The van der Waals surface area contributed by atoms with Gasteiger partial charge < -0.3 is 10.1 Å². The van der Waals surface area contributed by atoms with Crippen molar-refractivity contribution in [2.24, 2.45) is 0 Å². The van der Waals surface area contributed by atoms with E-state index in [0.717, 1.165) is 22.5 Å². The van der Waals surface area contributed by atoms with E-state index in [0.29, 0.717) is 13.0 Å². The van der Waals surface area contributed by atoms with Crippen molar-refractivity contribution in [2.45, 2.75) is 13.3 Å². The summed E-state index contributed by atoms with van der Waals surface area (Å²) >= 11 is 0. The maximum absolute atomic E-state index is 11.2. The molecule has 0 radical (unpaired) electrons. The van der Waals surface area contributed by atoms with Crippen molar-refractivity contribution >= 4 is 5.97 Å². The molecule has 2 aliphatic heterocycles. The average molecular weight is 177 g/mol. The van der Waals surface area contributed by atoms with Crippen LogP contribution in [0.15, 0.2) is 35.2 Å². The number of carbonyl (C=O) groups is 1. The third-order valence-electron chi connectivity index (χ3n) is 2.39. The van der Waals surface area contributed by atoms with Crippen LogP contribution in [0.1, 0.15) is 13.3 Å². The molecule has 3 heteroatoms. The Labute approximate surface area is 76.8 Å². The van der Waals surface area contributed by atoms with E-state index in [2.05, 4.69) is 11.9 Å². The smallest absolute Gasteiger partial charge is 0.336 e. The summed E-state index contributed by atoms with van der Waals surface area (Å²) in [6, 6.07) is 0. The molecule has 0 aromatic rings. The molecule has 0 aromatic carbocycles. The molecule has 68 valence electrons. The average Bonchev–Trinajstić information content (AvgIpc) is 2.46. The minimum atomic E-state index is -0.200. The molecule has 3 nitrogen and oxygen atoms in total. The zero-order valence-electron chi connectivity index (χ0n) is 7.52. The first kappa shape index (κ1) is 8.10. The molecule has 0 amide bonds. The fourth-order valence-electron chi connectivity index (χ4n) is 1.58. The number of dihydropyridines is 1. The van der Waals surface area contributed by atoms with Crippen LogP contribution in [0.25, 0.3) is 0 Å². The number of rotatable bonds is 1. The number of cyclic esters (lactones) is 1. The molecule has 0 aromatic heterocycles. The van der Waals surface area contributed by atoms with Crippen LogP contribution in [-0.4, -0.2) is 12.6 Å². The predicted octanol–water partition coefficient (Wildman–Crippen LogP) is 1.25. The number of hydrogen-bond donors (Lipinski definition) is 1. The standard InChI is InChI=1S/C10H11NO2/c1-3-7-4-8-9(11-6(7)2)5-13-10(8)12/h3,11H,1,4-5H2,2H3. The van der Waals surface area contributed by atoms with Gasteiger partial charge in [0.1, 0.15) is 6.61 Å². The van der Waals surface area contributed by atoms with Crippen LogP contribution < -0.4 is 5.32 Å². The van der Waals surface area contributed by atoms with Crippen molar-refractivity contribution in [3.63, 3.8) is 0 Å². The number of hydrogen-bond acceptors (Lipinski definition) is 3. The number of nitrogens with one attached hydrogen (secondary N) is 1. The van der Waals surface area contributed by atoms with E-state index in [1.165, 1.54) is 0 Å². The molecule has 2 aliphatic rings. The lowest BCUT2D eigenvalue weighted by Gasteiger charge is -2.17. The Bertz CT molecular complexity index is 350. The second-order valence-corrected chi connectivity index (χ2v) is 3.19. The molecule has 1 N–H and O–H groups in total. The van der Waals surface area contributed by atoms with Gasteiger partial charge in [-0.25, -0.2) is 4.79 Å². The Morgan fingerprint density at radius 3 is 3.08 bits per heavy atom. The van der Waals surface area contributed by atoms with Crippen LogP contribution in [0.3, 0.4) is 0 Å². The van der Waals surface area contributed by atoms with Crippen LogP contribution in [0.2, 0.25) is 0 Å². The summed E-state index contributed by atoms with van der Waals surface area (Å²) in [5, 5.41) is 3.15. The van der Waals surface area contributed by atoms with Crippen molar-refractivity contribution in [1.29, 1.82) is 0 Å². The Hall–Kier alpha value is -1.51. The van der Waals surface area contributed by atoms with Gasteiger partial charge in [0.15, 0.2) is 0 Å². The monoisotopic (exact) mass is 177 g/mol. The van der Waals surface area contributed by atoms with Crippen LogP contribution in [0.5, 0.6) is 0 Å². The van der Waals surface area contributed by atoms with Crippen LogP contribution in [0, 0.1) is 0 Å². The van der Waals surface area contributed by atoms with Gasteiger partial charge in [0.05, 0.1) is 11.3 Å². The first-order valence-electron chi connectivity index (χ1n) is 4.20. The van der Waals surface area contributed by atoms with Crippen LogP contribution in [0.4, 0.5) is 0 Å². The largest absolute Gasteiger partial charge is 0.456 e. The van der Waals surface area contributed by atoms with Crippen molar-refractivity contribution in [2.75, 3.05) is 6.61 Å². The van der Waals surface area contributed by atoms with E-state index in [-0.39, 0.29) is 5.97 Å². The van der Waals surface area contributed by atoms with Crippen molar-refractivity contribution in [3.8, 4) is 0 Å². The van der Waals surface area contributed by atoms with Crippen molar-refractivity contribution in [1.82, 2.24) is 5.32 Å². The molecular weight excluding hydrogens is 166 g/mol. The van der Waals surface area contributed by atoms with Crippen LogP contribution in [-0.2, 0) is 9.53 Å². The fourth-order valence-corrected chi connectivity index (χ4v) is 1.58. The number of ether oxygens (including phenoxy) is 1. The highest BCUT2D eigenvalue weighted by Gasteiger charge is 2.28. The molecule has 0 fully saturated rings. The van der Waals surface area contributed by atoms with E-state index >= 15 is 0 Å². The molecule has 0 bridgehead atoms. The minimum absolute atomic E-state index is 0.200. The zero-order valence-corrected chi connectivity index (χ0v) is 7.52. The van der Waals surface area contributed by atoms with Gasteiger partial charge in [0, 0.05) is 12.1 Å². The highest BCUT2D eigenvalue weighted by atomic mass is 16.5. The summed E-state index contributed by atoms with van der Waals surface area (Å²) in [5.41, 5.74) is 3.79. The number of esters is 1. The predicted molar refractivity (Wildman–Crippen MR) is 48.6 cm³/mol. The number of carbonyl (C=O) groups excluding carboxylic acids is 1. The second-order valence-electron chi connectivity index (χ2n) is 3.19. The summed E-state index contributed by atoms with van der Waals surface area (Å²) in [6.07, 6.45) is 2.42. The van der Waals surface area contributed by atoms with E-state index in [1.807, 2.05) is 6.92 Å². The molecule has 0 saturated carbocycles. The van der Waals surface area contributed by atoms with Crippen LogP contribution >= 0.6 is 0 Å². The molecular formula is C10H11NO2. The fraction of sp³-hybridized carbons (Fsp3) is 0.300. The summed E-state index contributed by atoms with van der Waals surface area (Å²) < 4.78 is 4.90. The summed E-state index contributed by atoms with van der Waals surface area (Å²) in [7, 11) is 0. The SMILES string of the molecule is C=CC1=C(C)NC2=C(C1)C(=O)OC2. The minimum Gasteiger partial charge on any atom is -0.456 e. The molecule has 0 aliphatic carbocycles. The van der Waals surface area contributed by atoms with Gasteiger partial charge in [0.25, 0.3) is 0 Å². The summed E-state index contributed by atoms with van der Waals surface area (Å²) in [4.78, 5) is 11.2. The third-order valence-corrected chi connectivity index (χ3v) is 2.39. The first-order chi connectivity index (χ1) is 6.22. The molecule has 0 unspecified atom stereocenters. The molecule has 0 saturated heterocycles. The summed E-state index contributed by atoms with van der Waals surface area (Å²) in [5.74, 6) is -0.200. The maximum atomic E-state index is 11.2. The Kier molecular flexibility index (Phi) is 1.72. The zero-order chi connectivity index (χ0) is 9.42. The van der Waals surface area contributed by atoms with Gasteiger partial charge in [-0.2, -0.15) is 0 Å². The second kappa shape index (κ2) is 2.76. The molecule has 0 spiro atoms. The number of allylic oxidation sites excluding steroid dienone is 3. The quantitative estimate of drug-likeness (QED) is 0.612. The van der Waals surface area contributed by atoms with E-state index in [1.54, 1.807) is 6.08 Å². The molecule has 2 heterocycles. The van der Waals surface area contributed by atoms with Crippen molar-refractivity contribution < 1.29 is 9.53 Å². The Morgan fingerprint density at radius 1 is 1.62 bits per heavy atom. The summed E-state index contributed by atoms with van der Waals surface area (Å²) in [6.45, 7) is 6.06. The van der Waals surface area contributed by atoms with Gasteiger partial charge >= 0.3 is 5.97 Å². The van der Waals surface area contributed by atoms with Gasteiger partial charge in [-0.3, -0.25) is 0 Å². The lowest BCUT2D eigenvalue weighted by molar-refractivity contribution is -0.136. The lowest BCUT2D eigenvalue weighted by atomic mass is 9.99. The van der Waals surface area contributed by atoms with E-state index < -0.39 is 0 Å². The van der Waals surface area contributed by atoms with Gasteiger partial charge in [-0.1, -0.05) is 12.7 Å². The van der Waals surface area contributed by atoms with E-state index in [9.17, 15) is 4.79 Å². The van der Waals surface area contributed by atoms with Gasteiger partial charge in [-0.15, -0.1) is 0 Å². The highest BCUT2D eigenvalue weighted by Crippen LogP contribution is 2.27. The third kappa shape index (κ3) is 1.16. The van der Waals surface area contributed by atoms with Crippen molar-refractivity contribution in [3.05, 3.63) is 35.2 Å².